The highest BCUT2D eigenvalue weighted by atomic mass is 16.5. The lowest BCUT2D eigenvalue weighted by molar-refractivity contribution is 0.0724. The van der Waals surface area contributed by atoms with Crippen LogP contribution in [-0.2, 0) is 6.54 Å². The second-order valence-corrected chi connectivity index (χ2v) is 6.78. The van der Waals surface area contributed by atoms with Crippen molar-refractivity contribution in [2.75, 3.05) is 20.2 Å². The van der Waals surface area contributed by atoms with Crippen LogP contribution in [0.3, 0.4) is 0 Å². The molecule has 3 aromatic rings. The highest BCUT2D eigenvalue weighted by molar-refractivity contribution is 5.97. The molecule has 0 aliphatic carbocycles. The number of nitrogens with zero attached hydrogens (tertiary/aromatic N) is 3. The van der Waals surface area contributed by atoms with Gasteiger partial charge in [-0.3, -0.25) is 9.48 Å². The smallest absolute Gasteiger partial charge is 0.253 e. The molecule has 1 aliphatic heterocycles. The standard InChI is InChI=1S/C21H23N3O2/c1-26-19-7-5-6-16(12-19)15-24-20-13-17(8-9-18(20)14-22-24)21(25)23-10-3-2-4-11-23/h5-9,12-14H,2-4,10-11,15H2,1H3. The van der Waals surface area contributed by atoms with Gasteiger partial charge in [0.05, 0.1) is 25.4 Å². The Hall–Kier alpha value is -2.82. The van der Waals surface area contributed by atoms with E-state index in [1.54, 1.807) is 7.11 Å². The van der Waals surface area contributed by atoms with Gasteiger partial charge in [0.1, 0.15) is 5.75 Å². The third-order valence-corrected chi connectivity index (χ3v) is 5.00. The molecule has 26 heavy (non-hydrogen) atoms. The molecule has 0 radical (unpaired) electrons. The molecule has 134 valence electrons. The van der Waals surface area contributed by atoms with Gasteiger partial charge in [-0.05, 0) is 49.1 Å². The topological polar surface area (TPSA) is 47.4 Å². The van der Waals surface area contributed by atoms with E-state index in [9.17, 15) is 4.79 Å². The number of carbonyl (C=O) groups is 1. The third-order valence-electron chi connectivity index (χ3n) is 5.00. The van der Waals surface area contributed by atoms with E-state index in [0.29, 0.717) is 6.54 Å². The largest absolute Gasteiger partial charge is 0.497 e. The van der Waals surface area contributed by atoms with Crippen LogP contribution >= 0.6 is 0 Å². The Labute approximate surface area is 153 Å². The van der Waals surface area contributed by atoms with Crippen molar-refractivity contribution in [1.82, 2.24) is 14.7 Å². The van der Waals surface area contributed by atoms with E-state index in [0.717, 1.165) is 53.7 Å². The van der Waals surface area contributed by atoms with Crippen molar-refractivity contribution in [3.63, 3.8) is 0 Å². The fourth-order valence-electron chi connectivity index (χ4n) is 3.55. The molecule has 1 aliphatic rings. The minimum absolute atomic E-state index is 0.126. The van der Waals surface area contributed by atoms with E-state index in [2.05, 4.69) is 11.2 Å². The number of hydrogen-bond donors (Lipinski definition) is 0. The van der Waals surface area contributed by atoms with Crippen LogP contribution in [0.4, 0.5) is 0 Å². The SMILES string of the molecule is COc1cccc(Cn2ncc3ccc(C(=O)N4CCCCC4)cc32)c1. The molecule has 0 unspecified atom stereocenters. The summed E-state index contributed by atoms with van der Waals surface area (Å²) in [5, 5.41) is 5.55. The molecule has 2 heterocycles. The van der Waals surface area contributed by atoms with Crippen molar-refractivity contribution in [1.29, 1.82) is 0 Å². The molecule has 1 fully saturated rings. The van der Waals surface area contributed by atoms with Crippen LogP contribution < -0.4 is 4.74 Å². The molecule has 1 saturated heterocycles. The number of rotatable bonds is 4. The first-order valence-corrected chi connectivity index (χ1v) is 9.12. The summed E-state index contributed by atoms with van der Waals surface area (Å²) < 4.78 is 7.24. The zero-order chi connectivity index (χ0) is 17.9. The Morgan fingerprint density at radius 3 is 2.77 bits per heavy atom. The molecule has 0 bridgehead atoms. The maximum atomic E-state index is 12.8. The van der Waals surface area contributed by atoms with Crippen molar-refractivity contribution in [2.24, 2.45) is 0 Å². The number of amides is 1. The fraction of sp³-hybridized carbons (Fsp3) is 0.333. The lowest BCUT2D eigenvalue weighted by Crippen LogP contribution is -2.35. The maximum Gasteiger partial charge on any atom is 0.253 e. The first-order chi connectivity index (χ1) is 12.7. The molecule has 1 amide bonds. The van der Waals surface area contributed by atoms with Gasteiger partial charge >= 0.3 is 0 Å². The highest BCUT2D eigenvalue weighted by Crippen LogP contribution is 2.21. The summed E-state index contributed by atoms with van der Waals surface area (Å²) in [4.78, 5) is 14.8. The van der Waals surface area contributed by atoms with Crippen molar-refractivity contribution in [3.8, 4) is 5.75 Å². The molecule has 0 N–H and O–H groups in total. The summed E-state index contributed by atoms with van der Waals surface area (Å²) in [5.41, 5.74) is 2.84. The second-order valence-electron chi connectivity index (χ2n) is 6.78. The Balaban J connectivity index is 1.62. The first-order valence-electron chi connectivity index (χ1n) is 9.12. The minimum Gasteiger partial charge on any atom is -0.497 e. The molecule has 2 aromatic carbocycles. The zero-order valence-corrected chi connectivity index (χ0v) is 15.0. The molecular formula is C21H23N3O2. The number of methoxy groups -OCH3 is 1. The van der Waals surface area contributed by atoms with E-state index in [4.69, 9.17) is 4.74 Å². The summed E-state index contributed by atoms with van der Waals surface area (Å²) >= 11 is 0. The second kappa shape index (κ2) is 7.20. The van der Waals surface area contributed by atoms with Crippen molar-refractivity contribution >= 4 is 16.8 Å². The van der Waals surface area contributed by atoms with Gasteiger partial charge in [-0.15, -0.1) is 0 Å². The summed E-state index contributed by atoms with van der Waals surface area (Å²) in [6.07, 6.45) is 5.27. The number of fused-ring (bicyclic) bond motifs is 1. The average Bonchev–Trinajstić information content (AvgIpc) is 3.10. The maximum absolute atomic E-state index is 12.8. The summed E-state index contributed by atoms with van der Waals surface area (Å²) in [5.74, 6) is 0.959. The third kappa shape index (κ3) is 3.29. The van der Waals surface area contributed by atoms with Crippen LogP contribution in [0.25, 0.3) is 10.9 Å². The lowest BCUT2D eigenvalue weighted by atomic mass is 10.1. The highest BCUT2D eigenvalue weighted by Gasteiger charge is 2.19. The van der Waals surface area contributed by atoms with Crippen LogP contribution in [0, 0.1) is 0 Å². The Bertz CT molecular complexity index is 926. The van der Waals surface area contributed by atoms with Gasteiger partial charge in [0.25, 0.3) is 5.91 Å². The zero-order valence-electron chi connectivity index (χ0n) is 15.0. The van der Waals surface area contributed by atoms with E-state index >= 15 is 0 Å². The first kappa shape index (κ1) is 16.6. The number of carbonyl (C=O) groups excluding carboxylic acids is 1. The van der Waals surface area contributed by atoms with Crippen LogP contribution in [0.5, 0.6) is 5.75 Å². The molecule has 1 aromatic heterocycles. The average molecular weight is 349 g/mol. The lowest BCUT2D eigenvalue weighted by Gasteiger charge is -2.26. The number of hydrogen-bond acceptors (Lipinski definition) is 3. The molecule has 5 heteroatoms. The number of aromatic nitrogens is 2. The molecule has 0 atom stereocenters. The molecule has 5 nitrogen and oxygen atoms in total. The molecule has 0 spiro atoms. The molecule has 4 rings (SSSR count). The van der Waals surface area contributed by atoms with Gasteiger partial charge in [0.2, 0.25) is 0 Å². The van der Waals surface area contributed by atoms with Gasteiger partial charge < -0.3 is 9.64 Å². The van der Waals surface area contributed by atoms with Gasteiger partial charge in [0, 0.05) is 24.0 Å². The van der Waals surface area contributed by atoms with E-state index < -0.39 is 0 Å². The van der Waals surface area contributed by atoms with Crippen molar-refractivity contribution < 1.29 is 9.53 Å². The quantitative estimate of drug-likeness (QED) is 0.721. The van der Waals surface area contributed by atoms with Crippen LogP contribution in [0.1, 0.15) is 35.2 Å². The summed E-state index contributed by atoms with van der Waals surface area (Å²) in [6.45, 7) is 2.36. The molecular weight excluding hydrogens is 326 g/mol. The van der Waals surface area contributed by atoms with Gasteiger partial charge in [-0.1, -0.05) is 18.2 Å². The molecule has 0 saturated carbocycles. The fourth-order valence-corrected chi connectivity index (χ4v) is 3.55. The number of likely N-dealkylation sites (tertiary alicyclic amines) is 1. The summed E-state index contributed by atoms with van der Waals surface area (Å²) in [7, 11) is 1.67. The summed E-state index contributed by atoms with van der Waals surface area (Å²) in [6, 6.07) is 13.8. The Morgan fingerprint density at radius 1 is 1.12 bits per heavy atom. The van der Waals surface area contributed by atoms with Crippen molar-refractivity contribution in [3.05, 3.63) is 59.8 Å². The number of piperidine rings is 1. The Kier molecular flexibility index (Phi) is 4.61. The van der Waals surface area contributed by atoms with Gasteiger partial charge in [-0.25, -0.2) is 0 Å². The van der Waals surface area contributed by atoms with Gasteiger partial charge in [-0.2, -0.15) is 5.10 Å². The normalized spacial score (nSPS) is 14.6. The van der Waals surface area contributed by atoms with E-state index in [1.807, 2.05) is 52.2 Å². The van der Waals surface area contributed by atoms with Crippen LogP contribution in [0.2, 0.25) is 0 Å². The van der Waals surface area contributed by atoms with E-state index in [1.165, 1.54) is 6.42 Å². The van der Waals surface area contributed by atoms with Crippen LogP contribution in [-0.4, -0.2) is 40.8 Å². The number of benzene rings is 2. The predicted octanol–water partition coefficient (Wildman–Crippen LogP) is 3.72. The monoisotopic (exact) mass is 349 g/mol. The Morgan fingerprint density at radius 2 is 1.96 bits per heavy atom. The minimum atomic E-state index is 0.126. The van der Waals surface area contributed by atoms with Gasteiger partial charge in [0.15, 0.2) is 0 Å². The van der Waals surface area contributed by atoms with Crippen LogP contribution in [0.15, 0.2) is 48.7 Å². The van der Waals surface area contributed by atoms with Crippen molar-refractivity contribution in [2.45, 2.75) is 25.8 Å². The predicted molar refractivity (Wildman–Crippen MR) is 102 cm³/mol. The number of ether oxygens (including phenoxy) is 1. The van der Waals surface area contributed by atoms with E-state index in [-0.39, 0.29) is 5.91 Å².